The lowest BCUT2D eigenvalue weighted by Gasteiger charge is -2.31. The van der Waals surface area contributed by atoms with Gasteiger partial charge in [0.1, 0.15) is 0 Å². The first kappa shape index (κ1) is 13.5. The van der Waals surface area contributed by atoms with Crippen LogP contribution in [0.3, 0.4) is 0 Å². The Kier molecular flexibility index (Phi) is 5.45. The minimum atomic E-state index is -1.23. The smallest absolute Gasteiger partial charge is 0.237 e. The van der Waals surface area contributed by atoms with Crippen LogP contribution < -0.4 is 0 Å². The highest BCUT2D eigenvalue weighted by Crippen LogP contribution is 2.25. The Morgan fingerprint density at radius 1 is 0.941 bits per heavy atom. The summed E-state index contributed by atoms with van der Waals surface area (Å²) < 4.78 is 19.8. The molecule has 0 aromatic heterocycles. The van der Waals surface area contributed by atoms with E-state index in [-0.39, 0.29) is 6.10 Å². The first-order chi connectivity index (χ1) is 8.27. The maximum atomic E-state index is 12.1. The number of hydrogen-bond donors (Lipinski definition) is 0. The van der Waals surface area contributed by atoms with E-state index < -0.39 is 11.3 Å². The summed E-state index contributed by atoms with van der Waals surface area (Å²) >= 11 is -1.23. The van der Waals surface area contributed by atoms with E-state index in [0.29, 0.717) is 6.04 Å². The minimum absolute atomic E-state index is 0.232. The van der Waals surface area contributed by atoms with Crippen molar-refractivity contribution >= 4 is 11.3 Å². The average molecular weight is 259 g/mol. The Bertz CT molecular complexity index is 248. The predicted molar refractivity (Wildman–Crippen MR) is 70.7 cm³/mol. The van der Waals surface area contributed by atoms with E-state index in [1.54, 1.807) is 0 Å². The van der Waals surface area contributed by atoms with Gasteiger partial charge in [0.2, 0.25) is 11.3 Å². The van der Waals surface area contributed by atoms with E-state index in [2.05, 4.69) is 0 Å². The van der Waals surface area contributed by atoms with E-state index in [1.807, 2.05) is 11.4 Å². The zero-order valence-electron chi connectivity index (χ0n) is 10.9. The molecule has 2 aliphatic rings. The maximum Gasteiger partial charge on any atom is 0.237 e. The van der Waals surface area contributed by atoms with Crippen LogP contribution in [-0.4, -0.2) is 27.7 Å². The Balaban J connectivity index is 1.77. The average Bonchev–Trinajstić information content (AvgIpc) is 2.40. The summed E-state index contributed by atoms with van der Waals surface area (Å²) in [4.78, 5) is 0. The molecular weight excluding hydrogens is 234 g/mol. The lowest BCUT2D eigenvalue weighted by Crippen LogP contribution is -2.37. The Morgan fingerprint density at radius 2 is 1.47 bits per heavy atom. The summed E-state index contributed by atoms with van der Waals surface area (Å²) in [6.45, 7) is 0. The second kappa shape index (κ2) is 6.86. The van der Waals surface area contributed by atoms with Crippen molar-refractivity contribution in [2.45, 2.75) is 76.4 Å². The summed E-state index contributed by atoms with van der Waals surface area (Å²) in [5.74, 6) is 0. The monoisotopic (exact) mass is 259 g/mol. The molecule has 17 heavy (non-hydrogen) atoms. The van der Waals surface area contributed by atoms with Gasteiger partial charge in [-0.05, 0) is 25.7 Å². The van der Waals surface area contributed by atoms with Gasteiger partial charge in [-0.3, -0.25) is 4.18 Å². The molecule has 0 aliphatic heterocycles. The van der Waals surface area contributed by atoms with Gasteiger partial charge in [-0.2, -0.15) is 0 Å². The molecule has 1 atom stereocenters. The van der Waals surface area contributed by atoms with E-state index in [0.717, 1.165) is 12.8 Å². The Labute approximate surface area is 108 Å². The molecule has 0 aromatic rings. The molecule has 2 rings (SSSR count). The molecule has 0 N–H and O–H groups in total. The van der Waals surface area contributed by atoms with Crippen molar-refractivity contribution in [1.82, 2.24) is 4.31 Å². The van der Waals surface area contributed by atoms with Crippen molar-refractivity contribution < 1.29 is 8.39 Å². The van der Waals surface area contributed by atoms with Crippen molar-refractivity contribution in [3.05, 3.63) is 0 Å². The number of nitrogens with zero attached hydrogens (tertiary/aromatic N) is 1. The highest BCUT2D eigenvalue weighted by Gasteiger charge is 2.25. The normalized spacial score (nSPS) is 26.2. The lowest BCUT2D eigenvalue weighted by atomic mass is 9.96. The largest absolute Gasteiger partial charge is 0.275 e. The molecule has 0 spiro atoms. The summed E-state index contributed by atoms with van der Waals surface area (Å²) in [5, 5.41) is 0. The minimum Gasteiger partial charge on any atom is -0.275 e. The van der Waals surface area contributed by atoms with E-state index in [4.69, 9.17) is 4.18 Å². The van der Waals surface area contributed by atoms with Crippen LogP contribution in [-0.2, 0) is 15.4 Å². The predicted octanol–water partition coefficient (Wildman–Crippen LogP) is 3.18. The second-order valence-electron chi connectivity index (χ2n) is 5.41. The van der Waals surface area contributed by atoms with Gasteiger partial charge >= 0.3 is 0 Å². The van der Waals surface area contributed by atoms with E-state index in [9.17, 15) is 4.21 Å². The van der Waals surface area contributed by atoms with Crippen LogP contribution in [0.5, 0.6) is 0 Å². The molecule has 0 radical (unpaired) electrons. The fourth-order valence-electron chi connectivity index (χ4n) is 2.91. The Hall–Kier alpha value is 0.0700. The molecule has 100 valence electrons. The SMILES string of the molecule is CN(C1CCCCC1)S(=O)OC1CCCCC1. The third-order valence-corrected chi connectivity index (χ3v) is 5.30. The van der Waals surface area contributed by atoms with Gasteiger partial charge in [0.05, 0.1) is 6.10 Å². The number of rotatable bonds is 4. The molecule has 2 aliphatic carbocycles. The molecule has 0 bridgehead atoms. The van der Waals surface area contributed by atoms with Crippen LogP contribution in [0.25, 0.3) is 0 Å². The maximum absolute atomic E-state index is 12.1. The molecule has 1 unspecified atom stereocenters. The second-order valence-corrected chi connectivity index (χ2v) is 6.61. The van der Waals surface area contributed by atoms with Crippen LogP contribution in [0.15, 0.2) is 0 Å². The first-order valence-corrected chi connectivity index (χ1v) is 8.12. The summed E-state index contributed by atoms with van der Waals surface area (Å²) in [7, 11) is 1.95. The molecule has 3 nitrogen and oxygen atoms in total. The van der Waals surface area contributed by atoms with Gasteiger partial charge in [-0.25, -0.2) is 8.51 Å². The molecule has 0 aromatic carbocycles. The van der Waals surface area contributed by atoms with Crippen molar-refractivity contribution in [1.29, 1.82) is 0 Å². The molecule has 2 fully saturated rings. The van der Waals surface area contributed by atoms with E-state index >= 15 is 0 Å². The quantitative estimate of drug-likeness (QED) is 0.776. The summed E-state index contributed by atoms with van der Waals surface area (Å²) in [5.41, 5.74) is 0. The highest BCUT2D eigenvalue weighted by molar-refractivity contribution is 7.77. The van der Waals surface area contributed by atoms with Crippen LogP contribution in [0.1, 0.15) is 64.2 Å². The fraction of sp³-hybridized carbons (Fsp3) is 1.00. The third kappa shape index (κ3) is 4.04. The molecule has 4 heteroatoms. The van der Waals surface area contributed by atoms with Crippen molar-refractivity contribution in [2.24, 2.45) is 0 Å². The van der Waals surface area contributed by atoms with Crippen LogP contribution in [0.4, 0.5) is 0 Å². The van der Waals surface area contributed by atoms with Gasteiger partial charge in [0, 0.05) is 13.1 Å². The molecule has 0 amide bonds. The topological polar surface area (TPSA) is 29.5 Å². The molecule has 0 heterocycles. The molecular formula is C13H25NO2S. The Morgan fingerprint density at radius 3 is 2.06 bits per heavy atom. The molecule has 0 saturated heterocycles. The third-order valence-electron chi connectivity index (χ3n) is 4.09. The fourth-order valence-corrected chi connectivity index (χ4v) is 3.93. The van der Waals surface area contributed by atoms with Crippen LogP contribution in [0, 0.1) is 0 Å². The van der Waals surface area contributed by atoms with Gasteiger partial charge in [0.25, 0.3) is 0 Å². The summed E-state index contributed by atoms with van der Waals surface area (Å²) in [6, 6.07) is 0.466. The van der Waals surface area contributed by atoms with Crippen LogP contribution in [0.2, 0.25) is 0 Å². The van der Waals surface area contributed by atoms with Crippen molar-refractivity contribution in [2.75, 3.05) is 7.05 Å². The van der Waals surface area contributed by atoms with Crippen molar-refractivity contribution in [3.63, 3.8) is 0 Å². The van der Waals surface area contributed by atoms with Gasteiger partial charge in [-0.1, -0.05) is 38.5 Å². The summed E-state index contributed by atoms with van der Waals surface area (Å²) in [6.07, 6.45) is 12.4. The van der Waals surface area contributed by atoms with Gasteiger partial charge in [-0.15, -0.1) is 0 Å². The molecule has 2 saturated carbocycles. The lowest BCUT2D eigenvalue weighted by molar-refractivity contribution is 0.154. The standard InChI is InChI=1S/C13H25NO2S/c1-14(12-8-4-2-5-9-12)17(15)16-13-10-6-3-7-11-13/h12-13H,2-11H2,1H3. The van der Waals surface area contributed by atoms with Gasteiger partial charge in [0.15, 0.2) is 0 Å². The van der Waals surface area contributed by atoms with Gasteiger partial charge < -0.3 is 0 Å². The van der Waals surface area contributed by atoms with E-state index in [1.165, 1.54) is 51.4 Å². The highest BCUT2D eigenvalue weighted by atomic mass is 32.2. The zero-order chi connectivity index (χ0) is 12.1. The number of hydrogen-bond acceptors (Lipinski definition) is 2. The first-order valence-electron chi connectivity index (χ1n) is 7.09. The zero-order valence-corrected chi connectivity index (χ0v) is 11.7. The van der Waals surface area contributed by atoms with Crippen molar-refractivity contribution in [3.8, 4) is 0 Å². The van der Waals surface area contributed by atoms with Crippen LogP contribution >= 0.6 is 0 Å².